The van der Waals surface area contributed by atoms with Crippen molar-refractivity contribution in [3.05, 3.63) is 11.1 Å². The van der Waals surface area contributed by atoms with E-state index in [0.717, 1.165) is 0 Å². The van der Waals surface area contributed by atoms with Gasteiger partial charge in [-0.15, -0.1) is 0 Å². The van der Waals surface area contributed by atoms with Crippen LogP contribution in [0.1, 0.15) is 13.8 Å². The Labute approximate surface area is 90.8 Å². The molecule has 1 atom stereocenters. The number of hydrogen-bond acceptors (Lipinski definition) is 3. The molecule has 0 radical (unpaired) electrons. The lowest BCUT2D eigenvalue weighted by atomic mass is 10.1. The number of nitrogens with one attached hydrogen (secondary N) is 1. The number of carboxylic acid groups (broad SMARTS) is 1. The van der Waals surface area contributed by atoms with Crippen molar-refractivity contribution in [3.8, 4) is 0 Å². The highest BCUT2D eigenvalue weighted by Gasteiger charge is 2.19. The Hall–Kier alpha value is -1.50. The Bertz CT molecular complexity index is 315. The van der Waals surface area contributed by atoms with Gasteiger partial charge < -0.3 is 15.5 Å². The second kappa shape index (κ2) is 6.16. The topological polar surface area (TPSA) is 86.6 Å². The molecule has 0 spiro atoms. The van der Waals surface area contributed by atoms with Crippen LogP contribution in [-0.2, 0) is 9.59 Å². The van der Waals surface area contributed by atoms with Gasteiger partial charge in [0.1, 0.15) is 6.10 Å². The van der Waals surface area contributed by atoms with Crippen molar-refractivity contribution in [1.29, 1.82) is 0 Å². The lowest BCUT2D eigenvalue weighted by Crippen LogP contribution is -2.36. The monoisotopic (exact) mass is 237 g/mol. The van der Waals surface area contributed by atoms with E-state index in [1.54, 1.807) is 0 Å². The first-order chi connectivity index (χ1) is 7.27. The fraction of sp³-hybridized carbons (Fsp3) is 0.556. The van der Waals surface area contributed by atoms with E-state index in [-0.39, 0.29) is 11.1 Å². The molecule has 0 bridgehead atoms. The van der Waals surface area contributed by atoms with Gasteiger partial charge in [0, 0.05) is 17.7 Å². The molecule has 1 amide bonds. The van der Waals surface area contributed by atoms with Crippen molar-refractivity contribution in [3.63, 3.8) is 0 Å². The third-order valence-corrected chi connectivity index (χ3v) is 1.99. The first-order valence-electron chi connectivity index (χ1n) is 4.42. The Morgan fingerprint density at radius 2 is 1.75 bits per heavy atom. The molecule has 0 aliphatic rings. The minimum Gasteiger partial charge on any atom is -0.478 e. The molecule has 0 aromatic rings. The summed E-state index contributed by atoms with van der Waals surface area (Å²) in [6.45, 7) is 1.86. The highest BCUT2D eigenvalue weighted by Crippen LogP contribution is 2.04. The van der Waals surface area contributed by atoms with Gasteiger partial charge in [-0.05, 0) is 13.8 Å². The van der Waals surface area contributed by atoms with Gasteiger partial charge in [0.15, 0.2) is 0 Å². The molecule has 0 aromatic heterocycles. The standard InChI is InChI=1S/C9H13F2NO4/c1-4(5(2)9(15)16)8(14)12-3-6(13)7(10)11/h6-7,13H,3H2,1-2H3,(H,12,14)(H,15,16). The molecular weight excluding hydrogens is 224 g/mol. The van der Waals surface area contributed by atoms with E-state index < -0.39 is 31.0 Å². The molecule has 0 rings (SSSR count). The number of aliphatic hydroxyl groups is 1. The summed E-state index contributed by atoms with van der Waals surface area (Å²) in [5.74, 6) is -2.05. The summed E-state index contributed by atoms with van der Waals surface area (Å²) in [5.41, 5.74) is -0.266. The van der Waals surface area contributed by atoms with Crippen LogP contribution in [0.15, 0.2) is 11.1 Å². The maximum atomic E-state index is 11.9. The number of alkyl halides is 2. The van der Waals surface area contributed by atoms with E-state index in [1.165, 1.54) is 13.8 Å². The first kappa shape index (κ1) is 14.5. The average Bonchev–Trinajstić information content (AvgIpc) is 2.22. The molecule has 0 fully saturated rings. The van der Waals surface area contributed by atoms with Crippen LogP contribution >= 0.6 is 0 Å². The van der Waals surface area contributed by atoms with Gasteiger partial charge in [-0.3, -0.25) is 4.79 Å². The van der Waals surface area contributed by atoms with E-state index in [9.17, 15) is 18.4 Å². The summed E-state index contributed by atoms with van der Waals surface area (Å²) in [4.78, 5) is 21.7. The first-order valence-corrected chi connectivity index (χ1v) is 4.42. The molecule has 0 heterocycles. The third kappa shape index (κ3) is 4.35. The quantitative estimate of drug-likeness (QED) is 0.594. The summed E-state index contributed by atoms with van der Waals surface area (Å²) in [7, 11) is 0. The number of carbonyl (C=O) groups is 2. The number of rotatable bonds is 5. The van der Waals surface area contributed by atoms with Gasteiger partial charge in [0.25, 0.3) is 6.43 Å². The predicted octanol–water partition coefficient (Wildman–Crippen LogP) is 0.150. The average molecular weight is 237 g/mol. The van der Waals surface area contributed by atoms with E-state index in [2.05, 4.69) is 0 Å². The van der Waals surface area contributed by atoms with Crippen molar-refractivity contribution in [2.75, 3.05) is 6.54 Å². The molecule has 0 aromatic carbocycles. The van der Waals surface area contributed by atoms with Gasteiger partial charge in [0.05, 0.1) is 0 Å². The van der Waals surface area contributed by atoms with Crippen molar-refractivity contribution in [2.45, 2.75) is 26.4 Å². The Kier molecular flexibility index (Phi) is 5.59. The van der Waals surface area contributed by atoms with Crippen LogP contribution in [0, 0.1) is 0 Å². The van der Waals surface area contributed by atoms with Crippen LogP contribution in [0.4, 0.5) is 8.78 Å². The number of hydrogen-bond donors (Lipinski definition) is 3. The number of aliphatic hydroxyl groups excluding tert-OH is 1. The molecule has 0 aliphatic heterocycles. The zero-order valence-corrected chi connectivity index (χ0v) is 8.83. The molecular formula is C9H13F2NO4. The van der Waals surface area contributed by atoms with Crippen molar-refractivity contribution in [1.82, 2.24) is 5.32 Å². The Balaban J connectivity index is 4.39. The number of aliphatic carboxylic acids is 1. The molecule has 5 nitrogen and oxygen atoms in total. The van der Waals surface area contributed by atoms with E-state index in [4.69, 9.17) is 10.2 Å². The number of halogens is 2. The van der Waals surface area contributed by atoms with Crippen molar-refractivity contribution in [2.24, 2.45) is 0 Å². The highest BCUT2D eigenvalue weighted by atomic mass is 19.3. The molecule has 0 saturated heterocycles. The van der Waals surface area contributed by atoms with Crippen LogP contribution in [0.3, 0.4) is 0 Å². The molecule has 7 heteroatoms. The number of amides is 1. The maximum absolute atomic E-state index is 11.9. The fourth-order valence-corrected chi connectivity index (χ4v) is 0.750. The normalized spacial score (nSPS) is 14.4. The van der Waals surface area contributed by atoms with Gasteiger partial charge in [0.2, 0.25) is 5.91 Å². The van der Waals surface area contributed by atoms with Crippen LogP contribution in [0.5, 0.6) is 0 Å². The number of carbonyl (C=O) groups excluding carboxylic acids is 1. The largest absolute Gasteiger partial charge is 0.478 e. The number of carboxylic acids is 1. The van der Waals surface area contributed by atoms with Crippen LogP contribution in [0.25, 0.3) is 0 Å². The highest BCUT2D eigenvalue weighted by molar-refractivity contribution is 6.01. The molecule has 1 unspecified atom stereocenters. The summed E-state index contributed by atoms with van der Waals surface area (Å²) < 4.78 is 23.7. The minimum atomic E-state index is -2.95. The zero-order chi connectivity index (χ0) is 12.9. The van der Waals surface area contributed by atoms with Crippen LogP contribution in [0.2, 0.25) is 0 Å². The Morgan fingerprint density at radius 1 is 1.25 bits per heavy atom. The van der Waals surface area contributed by atoms with Crippen molar-refractivity contribution < 1.29 is 28.6 Å². The van der Waals surface area contributed by atoms with E-state index >= 15 is 0 Å². The molecule has 0 aliphatic carbocycles. The molecule has 0 saturated carbocycles. The fourth-order valence-electron chi connectivity index (χ4n) is 0.750. The van der Waals surface area contributed by atoms with Crippen LogP contribution in [-0.4, -0.2) is 41.2 Å². The smallest absolute Gasteiger partial charge is 0.331 e. The van der Waals surface area contributed by atoms with Gasteiger partial charge in [-0.1, -0.05) is 0 Å². The van der Waals surface area contributed by atoms with Gasteiger partial charge in [-0.25, -0.2) is 13.6 Å². The predicted molar refractivity (Wildman–Crippen MR) is 51.0 cm³/mol. The summed E-state index contributed by atoms with van der Waals surface area (Å²) in [5, 5.41) is 19.3. The molecule has 16 heavy (non-hydrogen) atoms. The summed E-state index contributed by atoms with van der Waals surface area (Å²) in [6.07, 6.45) is -4.91. The van der Waals surface area contributed by atoms with E-state index in [0.29, 0.717) is 0 Å². The van der Waals surface area contributed by atoms with E-state index in [1.807, 2.05) is 5.32 Å². The molecule has 92 valence electrons. The summed E-state index contributed by atoms with van der Waals surface area (Å²) >= 11 is 0. The minimum absolute atomic E-state index is 0.0889. The van der Waals surface area contributed by atoms with Gasteiger partial charge >= 0.3 is 5.97 Å². The summed E-state index contributed by atoms with van der Waals surface area (Å²) in [6, 6.07) is 0. The zero-order valence-electron chi connectivity index (χ0n) is 8.83. The maximum Gasteiger partial charge on any atom is 0.331 e. The SMILES string of the molecule is CC(C(=O)O)=C(C)C(=O)NCC(O)C(F)F. The van der Waals surface area contributed by atoms with Gasteiger partial charge in [-0.2, -0.15) is 0 Å². The Morgan fingerprint density at radius 3 is 2.12 bits per heavy atom. The second-order valence-corrected chi connectivity index (χ2v) is 3.17. The molecule has 3 N–H and O–H groups in total. The lowest BCUT2D eigenvalue weighted by molar-refractivity contribution is -0.133. The van der Waals surface area contributed by atoms with Crippen molar-refractivity contribution >= 4 is 11.9 Å². The van der Waals surface area contributed by atoms with Crippen LogP contribution < -0.4 is 5.32 Å². The third-order valence-electron chi connectivity index (χ3n) is 1.99. The second-order valence-electron chi connectivity index (χ2n) is 3.17. The lowest BCUT2D eigenvalue weighted by Gasteiger charge is -2.11.